The normalized spacial score (nSPS) is 35.4. The molecule has 2 saturated carbocycles. The third-order valence-electron chi connectivity index (χ3n) is 13.5. The van der Waals surface area contributed by atoms with E-state index in [-0.39, 0.29) is 39.5 Å². The first-order chi connectivity index (χ1) is 19.9. The van der Waals surface area contributed by atoms with Crippen LogP contribution >= 0.6 is 0 Å². The van der Waals surface area contributed by atoms with Crippen LogP contribution in [0.3, 0.4) is 0 Å². The standard InChI is InChI=1S/C38H68O4Si2/c1-16-27-18-20-30-29-19-17-28-23-38(40-25-32(39)26(2)3,42-44(14,15)35(7,8)9)24-33(41-43(12,13)34(4,5)6)37(28,11)31(29)21-22-36(27,30)10/h17-19,26,30-33,39H,16,20-25H2,1-15H3/t30-,31+,32+,33-,36+,37-,38+/m0/s1. The molecular formula is C38H68O4Si2. The lowest BCUT2D eigenvalue weighted by Crippen LogP contribution is -2.63. The van der Waals surface area contributed by atoms with Gasteiger partial charge in [0, 0.05) is 18.3 Å². The van der Waals surface area contributed by atoms with Gasteiger partial charge in [0.05, 0.1) is 18.8 Å². The lowest BCUT2D eigenvalue weighted by molar-refractivity contribution is -0.241. The van der Waals surface area contributed by atoms with Gasteiger partial charge in [0.15, 0.2) is 22.4 Å². The zero-order valence-corrected chi connectivity index (χ0v) is 33.2. The minimum absolute atomic E-state index is 0.0255. The fourth-order valence-electron chi connectivity index (χ4n) is 8.20. The molecule has 0 bridgehead atoms. The minimum atomic E-state index is -2.24. The SMILES string of the molecule is CCC1=CC[C@H]2C3=CC=C4C[C@@](OC[C@@H](O)C(C)C)(O[Si](C)(C)C(C)(C)C)C[C@H](O[Si](C)(C)C(C)(C)C)[C@]4(C)[C@@H]3CC[C@]12C. The molecule has 44 heavy (non-hydrogen) atoms. The van der Waals surface area contributed by atoms with E-state index in [0.717, 1.165) is 12.8 Å². The fraction of sp³-hybridized carbons (Fsp3) is 0.842. The van der Waals surface area contributed by atoms with Crippen molar-refractivity contribution < 1.29 is 18.7 Å². The first-order valence-electron chi connectivity index (χ1n) is 17.7. The van der Waals surface area contributed by atoms with Gasteiger partial charge in [-0.1, -0.05) is 111 Å². The van der Waals surface area contributed by atoms with E-state index in [1.54, 1.807) is 11.1 Å². The number of aliphatic hydroxyl groups excluding tert-OH is 1. The monoisotopic (exact) mass is 644 g/mol. The molecule has 4 rings (SSSR count). The molecule has 0 aromatic heterocycles. The average Bonchev–Trinajstić information content (AvgIpc) is 3.22. The fourth-order valence-corrected chi connectivity index (χ4v) is 11.0. The largest absolute Gasteiger partial charge is 0.413 e. The van der Waals surface area contributed by atoms with E-state index in [0.29, 0.717) is 18.3 Å². The quantitative estimate of drug-likeness (QED) is 0.154. The molecule has 4 aliphatic carbocycles. The summed E-state index contributed by atoms with van der Waals surface area (Å²) >= 11 is 0. The molecular weight excluding hydrogens is 577 g/mol. The molecule has 0 aliphatic heterocycles. The Kier molecular flexibility index (Phi) is 9.81. The maximum absolute atomic E-state index is 11.0. The van der Waals surface area contributed by atoms with Crippen LogP contribution in [-0.2, 0) is 13.6 Å². The lowest BCUT2D eigenvalue weighted by atomic mass is 9.49. The molecule has 0 saturated heterocycles. The van der Waals surface area contributed by atoms with E-state index in [1.165, 1.54) is 24.8 Å². The van der Waals surface area contributed by atoms with Crippen molar-refractivity contribution in [1.29, 1.82) is 0 Å². The molecule has 1 N–H and O–H groups in total. The first kappa shape index (κ1) is 36.3. The van der Waals surface area contributed by atoms with Crippen LogP contribution in [0.15, 0.2) is 34.9 Å². The summed E-state index contributed by atoms with van der Waals surface area (Å²) in [7, 11) is -4.40. The molecule has 0 aromatic carbocycles. The summed E-state index contributed by atoms with van der Waals surface area (Å²) in [5.41, 5.74) is 4.91. The number of hydrogen-bond donors (Lipinski definition) is 1. The van der Waals surface area contributed by atoms with Crippen molar-refractivity contribution >= 4 is 16.6 Å². The first-order valence-corrected chi connectivity index (χ1v) is 23.6. The van der Waals surface area contributed by atoms with Gasteiger partial charge in [-0.2, -0.15) is 0 Å². The van der Waals surface area contributed by atoms with Gasteiger partial charge in [0.25, 0.3) is 0 Å². The van der Waals surface area contributed by atoms with E-state index >= 15 is 0 Å². The number of fused-ring (bicyclic) bond motifs is 5. The highest BCUT2D eigenvalue weighted by Gasteiger charge is 2.62. The summed E-state index contributed by atoms with van der Waals surface area (Å²) in [6.07, 6.45) is 13.2. The number of aliphatic hydroxyl groups is 1. The highest BCUT2D eigenvalue weighted by molar-refractivity contribution is 6.74. The Bertz CT molecular complexity index is 1170. The van der Waals surface area contributed by atoms with Crippen molar-refractivity contribution in [3.63, 3.8) is 0 Å². The number of allylic oxidation sites excluding steroid dienone is 5. The van der Waals surface area contributed by atoms with Crippen molar-refractivity contribution in [2.75, 3.05) is 6.61 Å². The molecule has 252 valence electrons. The van der Waals surface area contributed by atoms with Crippen LogP contribution in [-0.4, -0.2) is 46.3 Å². The highest BCUT2D eigenvalue weighted by Crippen LogP contribution is 2.66. The summed E-state index contributed by atoms with van der Waals surface area (Å²) in [6, 6.07) is 0. The zero-order chi connectivity index (χ0) is 33.3. The van der Waals surface area contributed by atoms with Gasteiger partial charge >= 0.3 is 0 Å². The van der Waals surface area contributed by atoms with Crippen molar-refractivity contribution in [3.05, 3.63) is 34.9 Å². The Morgan fingerprint density at radius 2 is 1.57 bits per heavy atom. The number of ether oxygens (including phenoxy) is 1. The van der Waals surface area contributed by atoms with Crippen molar-refractivity contribution in [3.8, 4) is 0 Å². The van der Waals surface area contributed by atoms with Crippen LogP contribution in [0.2, 0.25) is 36.3 Å². The van der Waals surface area contributed by atoms with E-state index < -0.39 is 28.5 Å². The van der Waals surface area contributed by atoms with Gasteiger partial charge in [-0.05, 0) is 85.1 Å². The predicted octanol–water partition coefficient (Wildman–Crippen LogP) is 10.6. The van der Waals surface area contributed by atoms with E-state index in [4.69, 9.17) is 13.6 Å². The van der Waals surface area contributed by atoms with Gasteiger partial charge in [0.2, 0.25) is 0 Å². The average molecular weight is 645 g/mol. The molecule has 0 heterocycles. The molecule has 0 unspecified atom stereocenters. The maximum atomic E-state index is 11.0. The van der Waals surface area contributed by atoms with Crippen LogP contribution < -0.4 is 0 Å². The molecule has 0 radical (unpaired) electrons. The van der Waals surface area contributed by atoms with Crippen LogP contribution in [0.25, 0.3) is 0 Å². The maximum Gasteiger partial charge on any atom is 0.195 e. The minimum Gasteiger partial charge on any atom is -0.413 e. The Hall–Kier alpha value is -0.506. The molecule has 4 aliphatic rings. The molecule has 4 nitrogen and oxygen atoms in total. The summed E-state index contributed by atoms with van der Waals surface area (Å²) in [6.45, 7) is 35.2. The molecule has 0 spiro atoms. The Labute approximate surface area is 273 Å². The summed E-state index contributed by atoms with van der Waals surface area (Å²) < 4.78 is 21.9. The van der Waals surface area contributed by atoms with Gasteiger partial charge in [-0.15, -0.1) is 0 Å². The van der Waals surface area contributed by atoms with Crippen molar-refractivity contribution in [1.82, 2.24) is 0 Å². The topological polar surface area (TPSA) is 47.9 Å². The van der Waals surface area contributed by atoms with Crippen LogP contribution in [0, 0.1) is 28.6 Å². The van der Waals surface area contributed by atoms with Crippen LogP contribution in [0.4, 0.5) is 0 Å². The second-order valence-corrected chi connectivity index (χ2v) is 28.1. The van der Waals surface area contributed by atoms with Gasteiger partial charge in [-0.3, -0.25) is 0 Å². The van der Waals surface area contributed by atoms with Crippen molar-refractivity contribution in [2.45, 2.75) is 169 Å². The third kappa shape index (κ3) is 6.23. The second kappa shape index (κ2) is 11.9. The summed E-state index contributed by atoms with van der Waals surface area (Å²) in [5, 5.41) is 11.1. The number of hydrogen-bond acceptors (Lipinski definition) is 4. The third-order valence-corrected chi connectivity index (χ3v) is 22.5. The van der Waals surface area contributed by atoms with E-state index in [1.807, 2.05) is 0 Å². The van der Waals surface area contributed by atoms with Gasteiger partial charge in [-0.25, -0.2) is 0 Å². The highest BCUT2D eigenvalue weighted by atomic mass is 28.4. The Morgan fingerprint density at radius 3 is 2.11 bits per heavy atom. The van der Waals surface area contributed by atoms with Crippen LogP contribution in [0.1, 0.15) is 115 Å². The molecule has 6 heteroatoms. The van der Waals surface area contributed by atoms with Crippen molar-refractivity contribution in [2.24, 2.45) is 28.6 Å². The molecule has 2 fully saturated rings. The molecule has 0 aromatic rings. The Morgan fingerprint density at radius 1 is 0.955 bits per heavy atom. The van der Waals surface area contributed by atoms with Gasteiger partial charge in [0.1, 0.15) is 0 Å². The zero-order valence-electron chi connectivity index (χ0n) is 31.2. The lowest BCUT2D eigenvalue weighted by Gasteiger charge is -2.61. The molecule has 7 atom stereocenters. The van der Waals surface area contributed by atoms with E-state index in [9.17, 15) is 5.11 Å². The summed E-state index contributed by atoms with van der Waals surface area (Å²) in [5.74, 6) is 0.354. The smallest absolute Gasteiger partial charge is 0.195 e. The van der Waals surface area contributed by atoms with Gasteiger partial charge < -0.3 is 18.7 Å². The predicted molar refractivity (Wildman–Crippen MR) is 191 cm³/mol. The van der Waals surface area contributed by atoms with E-state index in [2.05, 4.69) is 121 Å². The number of rotatable bonds is 9. The molecule has 0 amide bonds. The Balaban J connectivity index is 1.85. The van der Waals surface area contributed by atoms with Crippen LogP contribution in [0.5, 0.6) is 0 Å². The second-order valence-electron chi connectivity index (χ2n) is 18.7. The summed E-state index contributed by atoms with van der Waals surface area (Å²) in [4.78, 5) is 0.